The topological polar surface area (TPSA) is 84.3 Å². The molecular formula is C16H22FN3O3. The van der Waals surface area contributed by atoms with Crippen molar-refractivity contribution in [2.24, 2.45) is 0 Å². The normalized spacial score (nSPS) is 15.9. The second-order valence-electron chi connectivity index (χ2n) is 5.82. The van der Waals surface area contributed by atoms with E-state index in [0.29, 0.717) is 19.1 Å². The van der Waals surface area contributed by atoms with Crippen molar-refractivity contribution in [2.45, 2.75) is 44.6 Å². The molecule has 1 amide bonds. The van der Waals surface area contributed by atoms with Gasteiger partial charge in [0.2, 0.25) is 0 Å². The first kappa shape index (κ1) is 17.3. The van der Waals surface area contributed by atoms with Gasteiger partial charge >= 0.3 is 0 Å². The lowest BCUT2D eigenvalue weighted by Crippen LogP contribution is -2.37. The molecule has 126 valence electrons. The molecule has 1 aliphatic carbocycles. The molecule has 0 atom stereocenters. The van der Waals surface area contributed by atoms with E-state index in [4.69, 9.17) is 0 Å². The Kier molecular flexibility index (Phi) is 6.46. The Labute approximate surface area is 134 Å². The second-order valence-corrected chi connectivity index (χ2v) is 5.82. The smallest absolute Gasteiger partial charge is 0.272 e. The number of rotatable bonds is 6. The highest BCUT2D eigenvalue weighted by Crippen LogP contribution is 2.17. The molecule has 2 rings (SSSR count). The van der Waals surface area contributed by atoms with Crippen LogP contribution in [0.2, 0.25) is 0 Å². The standard InChI is InChI=1S/C16H22FN3O3/c17-15-11-13(20(22)23)7-8-14(15)16(21)19-10-9-18-12-5-3-1-2-4-6-12/h7-8,11-12,18H,1-6,9-10H2,(H,19,21). The van der Waals surface area contributed by atoms with Gasteiger partial charge < -0.3 is 10.6 Å². The molecule has 1 aromatic rings. The van der Waals surface area contributed by atoms with Gasteiger partial charge in [0.1, 0.15) is 5.82 Å². The minimum Gasteiger partial charge on any atom is -0.351 e. The zero-order valence-electron chi connectivity index (χ0n) is 13.0. The molecule has 23 heavy (non-hydrogen) atoms. The monoisotopic (exact) mass is 323 g/mol. The van der Waals surface area contributed by atoms with E-state index >= 15 is 0 Å². The number of nitro benzene ring substituents is 1. The fourth-order valence-corrected chi connectivity index (χ4v) is 2.83. The Morgan fingerprint density at radius 1 is 1.22 bits per heavy atom. The van der Waals surface area contributed by atoms with Gasteiger partial charge in [-0.2, -0.15) is 0 Å². The summed E-state index contributed by atoms with van der Waals surface area (Å²) >= 11 is 0. The Morgan fingerprint density at radius 3 is 2.52 bits per heavy atom. The molecule has 0 spiro atoms. The quantitative estimate of drug-likeness (QED) is 0.365. The molecule has 1 saturated carbocycles. The van der Waals surface area contributed by atoms with Gasteiger partial charge in [-0.3, -0.25) is 14.9 Å². The maximum atomic E-state index is 13.7. The Balaban J connectivity index is 1.77. The van der Waals surface area contributed by atoms with E-state index in [1.807, 2.05) is 0 Å². The van der Waals surface area contributed by atoms with Crippen LogP contribution in [0.3, 0.4) is 0 Å². The lowest BCUT2D eigenvalue weighted by atomic mass is 10.1. The van der Waals surface area contributed by atoms with Crippen LogP contribution in [-0.2, 0) is 0 Å². The summed E-state index contributed by atoms with van der Waals surface area (Å²) < 4.78 is 13.7. The fraction of sp³-hybridized carbons (Fsp3) is 0.562. The predicted molar refractivity (Wildman–Crippen MR) is 84.9 cm³/mol. The van der Waals surface area contributed by atoms with Crippen molar-refractivity contribution in [3.63, 3.8) is 0 Å². The number of nitrogens with one attached hydrogen (secondary N) is 2. The van der Waals surface area contributed by atoms with Gasteiger partial charge in [0.05, 0.1) is 16.6 Å². The van der Waals surface area contributed by atoms with Crippen LogP contribution in [0.5, 0.6) is 0 Å². The molecule has 2 N–H and O–H groups in total. The summed E-state index contributed by atoms with van der Waals surface area (Å²) in [5, 5.41) is 16.6. The summed E-state index contributed by atoms with van der Waals surface area (Å²) in [5.41, 5.74) is -0.542. The van der Waals surface area contributed by atoms with Gasteiger partial charge in [0, 0.05) is 25.2 Å². The molecule has 1 aliphatic rings. The van der Waals surface area contributed by atoms with Crippen LogP contribution in [0.1, 0.15) is 48.9 Å². The average Bonchev–Trinajstić information content (AvgIpc) is 2.80. The first-order valence-electron chi connectivity index (χ1n) is 8.03. The average molecular weight is 323 g/mol. The molecule has 6 nitrogen and oxygen atoms in total. The third-order valence-electron chi connectivity index (χ3n) is 4.11. The summed E-state index contributed by atoms with van der Waals surface area (Å²) in [6.07, 6.45) is 7.36. The van der Waals surface area contributed by atoms with Crippen molar-refractivity contribution in [1.82, 2.24) is 10.6 Å². The number of benzene rings is 1. The van der Waals surface area contributed by atoms with Crippen molar-refractivity contribution >= 4 is 11.6 Å². The van der Waals surface area contributed by atoms with Crippen LogP contribution >= 0.6 is 0 Å². The van der Waals surface area contributed by atoms with Crippen LogP contribution in [0.25, 0.3) is 0 Å². The van der Waals surface area contributed by atoms with Crippen molar-refractivity contribution in [1.29, 1.82) is 0 Å². The number of halogens is 1. The lowest BCUT2D eigenvalue weighted by Gasteiger charge is -2.16. The highest BCUT2D eigenvalue weighted by atomic mass is 19.1. The molecule has 0 bridgehead atoms. The Bertz CT molecular complexity index is 558. The van der Waals surface area contributed by atoms with Crippen molar-refractivity contribution in [3.05, 3.63) is 39.7 Å². The van der Waals surface area contributed by atoms with Gasteiger partial charge in [-0.1, -0.05) is 25.7 Å². The van der Waals surface area contributed by atoms with Crippen molar-refractivity contribution in [3.8, 4) is 0 Å². The number of amides is 1. The van der Waals surface area contributed by atoms with Gasteiger partial charge in [0.25, 0.3) is 11.6 Å². The second kappa shape index (κ2) is 8.57. The van der Waals surface area contributed by atoms with Gasteiger partial charge in [-0.25, -0.2) is 4.39 Å². The van der Waals surface area contributed by atoms with E-state index in [9.17, 15) is 19.3 Å². The highest BCUT2D eigenvalue weighted by molar-refractivity contribution is 5.94. The van der Waals surface area contributed by atoms with Crippen LogP contribution in [0, 0.1) is 15.9 Å². The largest absolute Gasteiger partial charge is 0.351 e. The van der Waals surface area contributed by atoms with Gasteiger partial charge in [0.15, 0.2) is 0 Å². The zero-order valence-corrected chi connectivity index (χ0v) is 13.0. The third kappa shape index (κ3) is 5.28. The van der Waals surface area contributed by atoms with Crippen LogP contribution < -0.4 is 10.6 Å². The Hall–Kier alpha value is -2.02. The highest BCUT2D eigenvalue weighted by Gasteiger charge is 2.16. The molecule has 0 aliphatic heterocycles. The third-order valence-corrected chi connectivity index (χ3v) is 4.11. The molecule has 0 aromatic heterocycles. The molecule has 1 fully saturated rings. The predicted octanol–water partition coefficient (Wildman–Crippen LogP) is 2.78. The van der Waals surface area contributed by atoms with E-state index in [2.05, 4.69) is 10.6 Å². The summed E-state index contributed by atoms with van der Waals surface area (Å²) in [6.45, 7) is 1.02. The van der Waals surface area contributed by atoms with E-state index in [1.54, 1.807) is 0 Å². The summed E-state index contributed by atoms with van der Waals surface area (Å²) in [4.78, 5) is 21.8. The van der Waals surface area contributed by atoms with Crippen LogP contribution in [-0.4, -0.2) is 30.0 Å². The van der Waals surface area contributed by atoms with E-state index in [1.165, 1.54) is 25.7 Å². The Morgan fingerprint density at radius 2 is 1.91 bits per heavy atom. The van der Waals surface area contributed by atoms with Gasteiger partial charge in [-0.05, 0) is 18.9 Å². The molecule has 0 unspecified atom stereocenters. The summed E-state index contributed by atoms with van der Waals surface area (Å²) in [7, 11) is 0. The van der Waals surface area contributed by atoms with Crippen LogP contribution in [0.15, 0.2) is 18.2 Å². The molecule has 0 radical (unpaired) electrons. The maximum Gasteiger partial charge on any atom is 0.272 e. The van der Waals surface area contributed by atoms with E-state index < -0.39 is 16.6 Å². The maximum absolute atomic E-state index is 13.7. The molecular weight excluding hydrogens is 301 g/mol. The number of nitro groups is 1. The molecule has 7 heteroatoms. The minimum atomic E-state index is -0.881. The van der Waals surface area contributed by atoms with Gasteiger partial charge in [-0.15, -0.1) is 0 Å². The summed E-state index contributed by atoms with van der Waals surface area (Å²) in [5.74, 6) is -1.44. The minimum absolute atomic E-state index is 0.176. The number of hydrogen-bond donors (Lipinski definition) is 2. The van der Waals surface area contributed by atoms with Crippen LogP contribution in [0.4, 0.5) is 10.1 Å². The first-order valence-corrected chi connectivity index (χ1v) is 8.03. The molecule has 0 heterocycles. The molecule has 1 aromatic carbocycles. The van der Waals surface area contributed by atoms with E-state index in [0.717, 1.165) is 31.0 Å². The SMILES string of the molecule is O=C(NCCNC1CCCCCC1)c1ccc([N+](=O)[O-])cc1F. The number of nitrogens with zero attached hydrogens (tertiary/aromatic N) is 1. The van der Waals surface area contributed by atoms with E-state index in [-0.39, 0.29) is 11.3 Å². The number of non-ortho nitro benzene ring substituents is 1. The first-order chi connectivity index (χ1) is 11.1. The number of hydrogen-bond acceptors (Lipinski definition) is 4. The lowest BCUT2D eigenvalue weighted by molar-refractivity contribution is -0.385. The zero-order chi connectivity index (χ0) is 16.7. The van der Waals surface area contributed by atoms with Crippen molar-refractivity contribution < 1.29 is 14.1 Å². The van der Waals surface area contributed by atoms with Crippen molar-refractivity contribution in [2.75, 3.05) is 13.1 Å². The number of carbonyl (C=O) groups is 1. The fourth-order valence-electron chi connectivity index (χ4n) is 2.83. The molecule has 0 saturated heterocycles. The number of carbonyl (C=O) groups excluding carboxylic acids is 1. The summed E-state index contributed by atoms with van der Waals surface area (Å²) in [6, 6.07) is 3.52.